The molecule has 5 rings (SSSR count). The summed E-state index contributed by atoms with van der Waals surface area (Å²) in [5.74, 6) is 3.68. The average molecular weight is 412 g/mol. The average Bonchev–Trinajstić information content (AvgIpc) is 3.40. The first-order chi connectivity index (χ1) is 14.6. The molecule has 1 saturated carbocycles. The third-order valence-electron chi connectivity index (χ3n) is 7.09. The van der Waals surface area contributed by atoms with Crippen LogP contribution >= 0.6 is 0 Å². The van der Waals surface area contributed by atoms with Gasteiger partial charge in [0.25, 0.3) is 0 Å². The number of rotatable bonds is 6. The highest BCUT2D eigenvalue weighted by Crippen LogP contribution is 2.42. The Labute approximate surface area is 178 Å². The van der Waals surface area contributed by atoms with Crippen molar-refractivity contribution in [2.24, 2.45) is 30.7 Å². The van der Waals surface area contributed by atoms with Crippen LogP contribution in [0.3, 0.4) is 0 Å². The summed E-state index contributed by atoms with van der Waals surface area (Å²) in [4.78, 5) is 2.69. The minimum atomic E-state index is 0.622. The molecule has 2 aliphatic heterocycles. The SMILES string of the molecule is Cc1nn(C)cc1-c1ccc(OCC2CC3CN(CC4CCCOC4)CC3C2)nn1. The third-order valence-corrected chi connectivity index (χ3v) is 7.09. The molecule has 0 aromatic carbocycles. The molecule has 0 bridgehead atoms. The predicted molar refractivity (Wildman–Crippen MR) is 114 cm³/mol. The first-order valence-corrected chi connectivity index (χ1v) is 11.4. The van der Waals surface area contributed by atoms with E-state index in [2.05, 4.69) is 20.2 Å². The molecule has 30 heavy (non-hydrogen) atoms. The lowest BCUT2D eigenvalue weighted by molar-refractivity contribution is 0.0404. The standard InChI is InChI=1S/C23H33N5O2/c1-16-21(13-27(2)26-16)22-5-6-23(25-24-22)30-15-18-8-19-11-28(12-20(19)9-18)10-17-4-3-7-29-14-17/h5-6,13,17-20H,3-4,7-12,14-15H2,1-2H3. The molecule has 162 valence electrons. The van der Waals surface area contributed by atoms with Gasteiger partial charge in [0.15, 0.2) is 0 Å². The van der Waals surface area contributed by atoms with Crippen LogP contribution in [0.4, 0.5) is 0 Å². The second kappa shape index (κ2) is 8.63. The zero-order valence-electron chi connectivity index (χ0n) is 18.2. The van der Waals surface area contributed by atoms with Gasteiger partial charge in [-0.15, -0.1) is 10.2 Å². The number of nitrogens with zero attached hydrogens (tertiary/aromatic N) is 5. The Bertz CT molecular complexity index is 832. The van der Waals surface area contributed by atoms with E-state index in [9.17, 15) is 0 Å². The van der Waals surface area contributed by atoms with E-state index in [1.54, 1.807) is 4.68 Å². The van der Waals surface area contributed by atoms with Crippen molar-refractivity contribution < 1.29 is 9.47 Å². The van der Waals surface area contributed by atoms with Crippen LogP contribution in [0.1, 0.15) is 31.4 Å². The van der Waals surface area contributed by atoms with Crippen molar-refractivity contribution in [1.82, 2.24) is 24.9 Å². The summed E-state index contributed by atoms with van der Waals surface area (Å²) >= 11 is 0. The van der Waals surface area contributed by atoms with E-state index in [-0.39, 0.29) is 0 Å². The number of aryl methyl sites for hydroxylation is 2. The van der Waals surface area contributed by atoms with Gasteiger partial charge in [0.1, 0.15) is 0 Å². The quantitative estimate of drug-likeness (QED) is 0.728. The highest BCUT2D eigenvalue weighted by atomic mass is 16.5. The van der Waals surface area contributed by atoms with E-state index < -0.39 is 0 Å². The molecule has 2 aromatic rings. The molecule has 0 N–H and O–H groups in total. The Morgan fingerprint density at radius 2 is 1.97 bits per heavy atom. The van der Waals surface area contributed by atoms with Crippen LogP contribution in [0.5, 0.6) is 5.88 Å². The lowest BCUT2D eigenvalue weighted by Gasteiger charge is -2.27. The molecule has 3 fully saturated rings. The van der Waals surface area contributed by atoms with Gasteiger partial charge in [0.2, 0.25) is 5.88 Å². The summed E-state index contributed by atoms with van der Waals surface area (Å²) in [6, 6.07) is 3.90. The molecule has 2 saturated heterocycles. The maximum absolute atomic E-state index is 6.01. The van der Waals surface area contributed by atoms with E-state index >= 15 is 0 Å². The molecule has 3 atom stereocenters. The molecule has 2 aromatic heterocycles. The van der Waals surface area contributed by atoms with Gasteiger partial charge in [0.05, 0.1) is 24.6 Å². The highest BCUT2D eigenvalue weighted by molar-refractivity contribution is 5.60. The zero-order chi connectivity index (χ0) is 20.5. The largest absolute Gasteiger partial charge is 0.476 e. The van der Waals surface area contributed by atoms with Crippen molar-refractivity contribution in [3.63, 3.8) is 0 Å². The predicted octanol–water partition coefficient (Wildman–Crippen LogP) is 2.95. The van der Waals surface area contributed by atoms with Crippen LogP contribution in [0.15, 0.2) is 18.3 Å². The minimum Gasteiger partial charge on any atom is -0.476 e. The van der Waals surface area contributed by atoms with Crippen LogP contribution < -0.4 is 4.74 Å². The number of hydrogen-bond donors (Lipinski definition) is 0. The molecular weight excluding hydrogens is 378 g/mol. The Morgan fingerprint density at radius 3 is 2.60 bits per heavy atom. The molecule has 0 radical (unpaired) electrons. The van der Waals surface area contributed by atoms with Crippen molar-refractivity contribution in [1.29, 1.82) is 0 Å². The van der Waals surface area contributed by atoms with Crippen molar-refractivity contribution in [2.45, 2.75) is 32.6 Å². The Kier molecular flexibility index (Phi) is 5.74. The van der Waals surface area contributed by atoms with Crippen LogP contribution in [-0.2, 0) is 11.8 Å². The normalized spacial score (nSPS) is 29.3. The summed E-state index contributed by atoms with van der Waals surface area (Å²) < 4.78 is 13.5. The summed E-state index contributed by atoms with van der Waals surface area (Å²) in [5, 5.41) is 13.0. The second-order valence-electron chi connectivity index (χ2n) is 9.53. The number of ether oxygens (including phenoxy) is 2. The van der Waals surface area contributed by atoms with Crippen LogP contribution in [0, 0.1) is 30.6 Å². The van der Waals surface area contributed by atoms with E-state index in [1.165, 1.54) is 45.3 Å². The number of aromatic nitrogens is 4. The zero-order valence-corrected chi connectivity index (χ0v) is 18.2. The Balaban J connectivity index is 1.08. The maximum atomic E-state index is 6.01. The summed E-state index contributed by atoms with van der Waals surface area (Å²) in [7, 11) is 1.92. The lowest BCUT2D eigenvalue weighted by Crippen LogP contribution is -2.33. The fourth-order valence-electron chi connectivity index (χ4n) is 5.72. The molecular formula is C23H33N5O2. The Morgan fingerprint density at radius 1 is 1.13 bits per heavy atom. The van der Waals surface area contributed by atoms with Gasteiger partial charge in [-0.25, -0.2) is 0 Å². The van der Waals surface area contributed by atoms with Gasteiger partial charge in [-0.2, -0.15) is 5.10 Å². The fraction of sp³-hybridized carbons (Fsp3) is 0.696. The monoisotopic (exact) mass is 411 g/mol. The smallest absolute Gasteiger partial charge is 0.233 e. The molecule has 3 aliphatic rings. The number of fused-ring (bicyclic) bond motifs is 1. The summed E-state index contributed by atoms with van der Waals surface area (Å²) in [6.45, 7) is 8.41. The Hall–Kier alpha value is -1.99. The lowest BCUT2D eigenvalue weighted by atomic mass is 10.0. The van der Waals surface area contributed by atoms with E-state index in [1.807, 2.05) is 32.3 Å². The molecule has 4 heterocycles. The number of likely N-dealkylation sites (tertiary alicyclic amines) is 1. The van der Waals surface area contributed by atoms with Crippen LogP contribution in [-0.4, -0.2) is 64.3 Å². The van der Waals surface area contributed by atoms with E-state index in [4.69, 9.17) is 9.47 Å². The summed E-state index contributed by atoms with van der Waals surface area (Å²) in [5.41, 5.74) is 2.82. The number of hydrogen-bond acceptors (Lipinski definition) is 6. The van der Waals surface area contributed by atoms with Crippen molar-refractivity contribution in [3.05, 3.63) is 24.0 Å². The van der Waals surface area contributed by atoms with Crippen LogP contribution in [0.25, 0.3) is 11.3 Å². The van der Waals surface area contributed by atoms with Crippen molar-refractivity contribution >= 4 is 0 Å². The van der Waals surface area contributed by atoms with E-state index in [0.717, 1.165) is 54.5 Å². The van der Waals surface area contributed by atoms with Crippen molar-refractivity contribution in [3.8, 4) is 17.1 Å². The minimum absolute atomic E-state index is 0.622. The second-order valence-corrected chi connectivity index (χ2v) is 9.53. The summed E-state index contributed by atoms with van der Waals surface area (Å²) in [6.07, 6.45) is 7.10. The third kappa shape index (κ3) is 4.37. The van der Waals surface area contributed by atoms with Gasteiger partial charge >= 0.3 is 0 Å². The van der Waals surface area contributed by atoms with Gasteiger partial charge in [-0.05, 0) is 62.3 Å². The highest BCUT2D eigenvalue weighted by Gasteiger charge is 2.41. The van der Waals surface area contributed by atoms with Crippen molar-refractivity contribution in [2.75, 3.05) is 39.5 Å². The first-order valence-electron chi connectivity index (χ1n) is 11.4. The first kappa shape index (κ1) is 19.9. The molecule has 7 nitrogen and oxygen atoms in total. The topological polar surface area (TPSA) is 65.3 Å². The molecule has 3 unspecified atom stereocenters. The van der Waals surface area contributed by atoms with E-state index in [0.29, 0.717) is 11.8 Å². The molecule has 1 aliphatic carbocycles. The van der Waals surface area contributed by atoms with Gasteiger partial charge < -0.3 is 14.4 Å². The molecule has 0 spiro atoms. The van der Waals surface area contributed by atoms with Crippen LogP contribution in [0.2, 0.25) is 0 Å². The molecule has 0 amide bonds. The van der Waals surface area contributed by atoms with Gasteiger partial charge in [0, 0.05) is 51.1 Å². The fourth-order valence-corrected chi connectivity index (χ4v) is 5.72. The molecule has 7 heteroatoms. The van der Waals surface area contributed by atoms with Gasteiger partial charge in [-0.3, -0.25) is 4.68 Å². The van der Waals surface area contributed by atoms with Gasteiger partial charge in [-0.1, -0.05) is 0 Å². The maximum Gasteiger partial charge on any atom is 0.233 e.